The van der Waals surface area contributed by atoms with Crippen molar-refractivity contribution in [3.05, 3.63) is 22.2 Å². The number of aliphatic carboxylic acids is 1. The number of aromatic amines is 1. The molecule has 2 atom stereocenters. The maximum absolute atomic E-state index is 11.4. The summed E-state index contributed by atoms with van der Waals surface area (Å²) in [5, 5.41) is 12.4. The second-order valence-electron chi connectivity index (χ2n) is 5.05. The van der Waals surface area contributed by atoms with Crippen molar-refractivity contribution < 1.29 is 9.90 Å². The maximum atomic E-state index is 11.4. The number of anilines is 1. The van der Waals surface area contributed by atoms with Gasteiger partial charge in [-0.2, -0.15) is 0 Å². The highest BCUT2D eigenvalue weighted by atomic mass is 16.4. The summed E-state index contributed by atoms with van der Waals surface area (Å²) in [6.45, 7) is 1.70. The Morgan fingerprint density at radius 3 is 2.84 bits per heavy atom. The number of aromatic nitrogens is 2. The van der Waals surface area contributed by atoms with E-state index in [0.29, 0.717) is 18.1 Å². The number of carbonyl (C=O) groups is 1. The van der Waals surface area contributed by atoms with E-state index < -0.39 is 11.9 Å². The molecule has 3 N–H and O–H groups in total. The number of H-pyrrole nitrogens is 1. The highest BCUT2D eigenvalue weighted by molar-refractivity contribution is 5.71. The zero-order valence-electron chi connectivity index (χ0n) is 11.0. The highest BCUT2D eigenvalue weighted by Gasteiger charge is 2.29. The molecule has 0 amide bonds. The molecule has 0 spiro atoms. The summed E-state index contributed by atoms with van der Waals surface area (Å²) in [5.74, 6) is -0.209. The van der Waals surface area contributed by atoms with Crippen LogP contribution in [0.2, 0.25) is 0 Å². The second-order valence-corrected chi connectivity index (χ2v) is 5.05. The zero-order chi connectivity index (χ0) is 13.8. The Hall–Kier alpha value is -1.85. The molecule has 1 heterocycles. The van der Waals surface area contributed by atoms with Gasteiger partial charge in [0.05, 0.1) is 5.92 Å². The number of rotatable bonds is 3. The van der Waals surface area contributed by atoms with Crippen LogP contribution in [-0.4, -0.2) is 27.1 Å². The van der Waals surface area contributed by atoms with Crippen LogP contribution < -0.4 is 10.9 Å². The van der Waals surface area contributed by atoms with Crippen molar-refractivity contribution in [2.75, 3.05) is 5.32 Å². The summed E-state index contributed by atoms with van der Waals surface area (Å²) in [6.07, 6.45) is 4.48. The van der Waals surface area contributed by atoms with E-state index in [4.69, 9.17) is 0 Å². The number of nitrogens with zero attached hydrogens (tertiary/aromatic N) is 1. The molecule has 6 heteroatoms. The average molecular weight is 265 g/mol. The van der Waals surface area contributed by atoms with Gasteiger partial charge in [0, 0.05) is 12.1 Å². The third-order valence-corrected chi connectivity index (χ3v) is 3.53. The molecule has 2 rings (SSSR count). The van der Waals surface area contributed by atoms with Crippen LogP contribution in [0, 0.1) is 12.8 Å². The molecule has 0 aliphatic heterocycles. The van der Waals surface area contributed by atoms with Crippen molar-refractivity contribution in [1.29, 1.82) is 0 Å². The van der Waals surface area contributed by atoms with Gasteiger partial charge in [-0.05, 0) is 19.8 Å². The number of aryl methyl sites for hydroxylation is 1. The minimum absolute atomic E-state index is 0.159. The fourth-order valence-corrected chi connectivity index (χ4v) is 2.62. The lowest BCUT2D eigenvalue weighted by molar-refractivity contribution is -0.142. The largest absolute Gasteiger partial charge is 0.481 e. The van der Waals surface area contributed by atoms with Crippen LogP contribution in [0.3, 0.4) is 0 Å². The third kappa shape index (κ3) is 3.56. The molecule has 6 nitrogen and oxygen atoms in total. The molecule has 1 saturated carbocycles. The van der Waals surface area contributed by atoms with Gasteiger partial charge in [0.2, 0.25) is 0 Å². The topological polar surface area (TPSA) is 95.1 Å². The number of hydrogen-bond acceptors (Lipinski definition) is 4. The zero-order valence-corrected chi connectivity index (χ0v) is 11.0. The summed E-state index contributed by atoms with van der Waals surface area (Å²) in [5.41, 5.74) is -0.226. The van der Waals surface area contributed by atoms with E-state index in [2.05, 4.69) is 15.3 Å². The summed E-state index contributed by atoms with van der Waals surface area (Å²) < 4.78 is 0. The molecule has 1 aromatic rings. The Kier molecular flexibility index (Phi) is 4.19. The quantitative estimate of drug-likeness (QED) is 0.720. The highest BCUT2D eigenvalue weighted by Crippen LogP contribution is 2.25. The van der Waals surface area contributed by atoms with Crippen molar-refractivity contribution in [3.8, 4) is 0 Å². The van der Waals surface area contributed by atoms with Crippen LogP contribution in [0.1, 0.15) is 37.9 Å². The van der Waals surface area contributed by atoms with Gasteiger partial charge in [-0.25, -0.2) is 4.98 Å². The first kappa shape index (κ1) is 13.6. The summed E-state index contributed by atoms with van der Waals surface area (Å²) in [4.78, 5) is 29.5. The van der Waals surface area contributed by atoms with Crippen LogP contribution >= 0.6 is 0 Å². The first-order chi connectivity index (χ1) is 9.06. The van der Waals surface area contributed by atoms with Gasteiger partial charge in [-0.3, -0.25) is 9.59 Å². The Bertz CT molecular complexity index is 512. The molecule has 1 aliphatic carbocycles. The number of carboxylic acids is 1. The van der Waals surface area contributed by atoms with E-state index in [0.717, 1.165) is 25.7 Å². The minimum atomic E-state index is -0.777. The molecule has 0 radical (unpaired) electrons. The number of carboxylic acid groups (broad SMARTS) is 1. The molecule has 0 aromatic carbocycles. The van der Waals surface area contributed by atoms with Crippen LogP contribution in [0.25, 0.3) is 0 Å². The Labute approximate surface area is 111 Å². The van der Waals surface area contributed by atoms with Crippen molar-refractivity contribution in [3.63, 3.8) is 0 Å². The standard InChI is InChI=1S/C13H19N3O3/c1-8-14-11(7-12(17)15-8)16-10-6-4-2-3-5-9(10)13(18)19/h7,9-10H,2-6H2,1H3,(H,18,19)(H2,14,15,16,17). The lowest BCUT2D eigenvalue weighted by Gasteiger charge is -2.23. The van der Waals surface area contributed by atoms with E-state index in [1.807, 2.05) is 0 Å². The summed E-state index contributed by atoms with van der Waals surface area (Å²) >= 11 is 0. The molecular formula is C13H19N3O3. The van der Waals surface area contributed by atoms with E-state index in [-0.39, 0.29) is 11.6 Å². The summed E-state index contributed by atoms with van der Waals surface area (Å²) in [6, 6.07) is 1.21. The van der Waals surface area contributed by atoms with Gasteiger partial charge in [0.25, 0.3) is 5.56 Å². The van der Waals surface area contributed by atoms with Crippen molar-refractivity contribution >= 4 is 11.8 Å². The van der Waals surface area contributed by atoms with Crippen molar-refractivity contribution in [1.82, 2.24) is 9.97 Å². The molecule has 19 heavy (non-hydrogen) atoms. The van der Waals surface area contributed by atoms with E-state index in [9.17, 15) is 14.7 Å². The number of nitrogens with one attached hydrogen (secondary N) is 2. The van der Waals surface area contributed by atoms with Crippen molar-refractivity contribution in [2.45, 2.75) is 45.1 Å². The number of hydrogen-bond donors (Lipinski definition) is 3. The van der Waals surface area contributed by atoms with Crippen molar-refractivity contribution in [2.24, 2.45) is 5.92 Å². The third-order valence-electron chi connectivity index (χ3n) is 3.53. The lowest BCUT2D eigenvalue weighted by Crippen LogP contribution is -2.34. The van der Waals surface area contributed by atoms with Crippen LogP contribution in [0.5, 0.6) is 0 Å². The average Bonchev–Trinajstić information content (AvgIpc) is 2.53. The van der Waals surface area contributed by atoms with E-state index >= 15 is 0 Å². The Balaban J connectivity index is 2.18. The molecule has 0 bridgehead atoms. The first-order valence-corrected chi connectivity index (χ1v) is 6.63. The van der Waals surface area contributed by atoms with Gasteiger partial charge < -0.3 is 15.4 Å². The normalized spacial score (nSPS) is 23.6. The Morgan fingerprint density at radius 2 is 2.16 bits per heavy atom. The van der Waals surface area contributed by atoms with E-state index in [1.54, 1.807) is 6.92 Å². The molecule has 104 valence electrons. The molecule has 2 unspecified atom stereocenters. The first-order valence-electron chi connectivity index (χ1n) is 6.63. The maximum Gasteiger partial charge on any atom is 0.308 e. The van der Waals surface area contributed by atoms with Crippen LogP contribution in [0.15, 0.2) is 10.9 Å². The van der Waals surface area contributed by atoms with Gasteiger partial charge in [0.15, 0.2) is 0 Å². The smallest absolute Gasteiger partial charge is 0.308 e. The predicted octanol–water partition coefficient (Wildman–Crippen LogP) is 1.52. The van der Waals surface area contributed by atoms with Crippen LogP contribution in [-0.2, 0) is 4.79 Å². The SMILES string of the molecule is Cc1nc(NC2CCCCCC2C(=O)O)cc(=O)[nH]1. The molecule has 1 aromatic heterocycles. The predicted molar refractivity (Wildman–Crippen MR) is 71.2 cm³/mol. The second kappa shape index (κ2) is 5.86. The minimum Gasteiger partial charge on any atom is -0.481 e. The molecule has 1 aliphatic rings. The summed E-state index contributed by atoms with van der Waals surface area (Å²) in [7, 11) is 0. The van der Waals surface area contributed by atoms with Crippen LogP contribution in [0.4, 0.5) is 5.82 Å². The lowest BCUT2D eigenvalue weighted by atomic mass is 9.95. The molecule has 0 saturated heterocycles. The van der Waals surface area contributed by atoms with E-state index in [1.165, 1.54) is 6.07 Å². The molecule has 1 fully saturated rings. The fraction of sp³-hybridized carbons (Fsp3) is 0.615. The van der Waals surface area contributed by atoms with Gasteiger partial charge >= 0.3 is 5.97 Å². The van der Waals surface area contributed by atoms with Gasteiger partial charge in [0.1, 0.15) is 11.6 Å². The fourth-order valence-electron chi connectivity index (χ4n) is 2.62. The molecular weight excluding hydrogens is 246 g/mol. The van der Waals surface area contributed by atoms with Gasteiger partial charge in [-0.1, -0.05) is 19.3 Å². The monoisotopic (exact) mass is 265 g/mol. The Morgan fingerprint density at radius 1 is 1.42 bits per heavy atom. The van der Waals surface area contributed by atoms with Gasteiger partial charge in [-0.15, -0.1) is 0 Å².